The van der Waals surface area contributed by atoms with Crippen LogP contribution in [0.1, 0.15) is 10.5 Å². The van der Waals surface area contributed by atoms with Crippen molar-refractivity contribution in [1.29, 1.82) is 0 Å². The smallest absolute Gasteiger partial charge is 0.354 e. The van der Waals surface area contributed by atoms with Crippen LogP contribution in [0.5, 0.6) is 0 Å². The fraction of sp³-hybridized carbons (Fsp3) is 0. The van der Waals surface area contributed by atoms with E-state index in [1.54, 1.807) is 11.4 Å². The summed E-state index contributed by atoms with van der Waals surface area (Å²) in [6.07, 6.45) is 0. The predicted molar refractivity (Wildman–Crippen MR) is 51.6 cm³/mol. The summed E-state index contributed by atoms with van der Waals surface area (Å²) >= 11 is 7.25. The number of hydrogen-bond acceptors (Lipinski definition) is 3. The highest BCUT2D eigenvalue weighted by Gasteiger charge is 2.08. The molecule has 0 unspecified atom stereocenters. The second-order valence-corrected chi connectivity index (χ2v) is 3.75. The molecule has 0 aromatic carbocycles. The van der Waals surface area contributed by atoms with Gasteiger partial charge in [0, 0.05) is 5.38 Å². The van der Waals surface area contributed by atoms with Gasteiger partial charge in [-0.25, -0.2) is 9.78 Å². The number of fused-ring (bicyclic) bond motifs is 1. The molecule has 0 fully saturated rings. The van der Waals surface area contributed by atoms with Gasteiger partial charge in [-0.1, -0.05) is 11.6 Å². The van der Waals surface area contributed by atoms with Crippen molar-refractivity contribution < 1.29 is 9.90 Å². The zero-order valence-corrected chi connectivity index (χ0v) is 7.89. The number of halogens is 1. The van der Waals surface area contributed by atoms with Crippen molar-refractivity contribution in [3.8, 4) is 0 Å². The third-order valence-electron chi connectivity index (χ3n) is 1.59. The number of aromatic carboxylic acids is 1. The van der Waals surface area contributed by atoms with Gasteiger partial charge in [0.1, 0.15) is 11.2 Å². The molecule has 1 N–H and O–H groups in total. The summed E-state index contributed by atoms with van der Waals surface area (Å²) < 4.78 is 0.898. The van der Waals surface area contributed by atoms with Crippen LogP contribution in [-0.2, 0) is 0 Å². The second-order valence-electron chi connectivity index (χ2n) is 2.43. The maximum Gasteiger partial charge on any atom is 0.354 e. The SMILES string of the molecule is O=C(O)c1ccc2scc(Cl)c2n1. The van der Waals surface area contributed by atoms with Crippen LogP contribution in [-0.4, -0.2) is 16.1 Å². The predicted octanol–water partition coefficient (Wildman–Crippen LogP) is 2.65. The van der Waals surface area contributed by atoms with Gasteiger partial charge < -0.3 is 5.11 Å². The Morgan fingerprint density at radius 3 is 3.00 bits per heavy atom. The lowest BCUT2D eigenvalue weighted by molar-refractivity contribution is 0.0691. The molecule has 0 bridgehead atoms. The van der Waals surface area contributed by atoms with E-state index in [1.165, 1.54) is 17.4 Å². The van der Waals surface area contributed by atoms with Crippen LogP contribution in [0.25, 0.3) is 10.2 Å². The largest absolute Gasteiger partial charge is 0.477 e. The minimum Gasteiger partial charge on any atom is -0.477 e. The zero-order valence-electron chi connectivity index (χ0n) is 6.32. The van der Waals surface area contributed by atoms with E-state index in [0.717, 1.165) is 4.70 Å². The summed E-state index contributed by atoms with van der Waals surface area (Å²) in [6.45, 7) is 0. The van der Waals surface area contributed by atoms with Gasteiger partial charge >= 0.3 is 5.97 Å². The molecule has 0 aliphatic rings. The minimum absolute atomic E-state index is 0.0211. The Labute approximate surface area is 82.6 Å². The molecule has 13 heavy (non-hydrogen) atoms. The molecule has 2 heterocycles. The van der Waals surface area contributed by atoms with Gasteiger partial charge in [0.15, 0.2) is 0 Å². The summed E-state index contributed by atoms with van der Waals surface area (Å²) in [7, 11) is 0. The lowest BCUT2D eigenvalue weighted by Gasteiger charge is -1.93. The summed E-state index contributed by atoms with van der Waals surface area (Å²) in [5.41, 5.74) is 0.583. The minimum atomic E-state index is -1.04. The highest BCUT2D eigenvalue weighted by atomic mass is 35.5. The number of aromatic nitrogens is 1. The third kappa shape index (κ3) is 1.38. The molecule has 66 valence electrons. The van der Waals surface area contributed by atoms with Crippen molar-refractivity contribution in [2.75, 3.05) is 0 Å². The topological polar surface area (TPSA) is 50.2 Å². The highest BCUT2D eigenvalue weighted by molar-refractivity contribution is 7.17. The first-order valence-corrected chi connectivity index (χ1v) is 4.71. The van der Waals surface area contributed by atoms with Crippen LogP contribution in [0.2, 0.25) is 5.02 Å². The van der Waals surface area contributed by atoms with E-state index in [4.69, 9.17) is 16.7 Å². The number of rotatable bonds is 1. The summed E-state index contributed by atoms with van der Waals surface area (Å²) in [4.78, 5) is 14.5. The molecule has 0 amide bonds. The van der Waals surface area contributed by atoms with E-state index in [-0.39, 0.29) is 5.69 Å². The number of hydrogen-bond donors (Lipinski definition) is 1. The third-order valence-corrected chi connectivity index (χ3v) is 2.95. The van der Waals surface area contributed by atoms with E-state index in [9.17, 15) is 4.79 Å². The Morgan fingerprint density at radius 1 is 1.54 bits per heavy atom. The van der Waals surface area contributed by atoms with Crippen molar-refractivity contribution in [1.82, 2.24) is 4.98 Å². The summed E-state index contributed by atoms with van der Waals surface area (Å²) in [6, 6.07) is 3.18. The Bertz CT molecular complexity index is 480. The van der Waals surface area contributed by atoms with Crippen LogP contribution in [0.3, 0.4) is 0 Å². The monoisotopic (exact) mass is 213 g/mol. The van der Waals surface area contributed by atoms with Gasteiger partial charge in [0.2, 0.25) is 0 Å². The zero-order chi connectivity index (χ0) is 9.42. The number of pyridine rings is 1. The molecule has 3 nitrogen and oxygen atoms in total. The van der Waals surface area contributed by atoms with Crippen molar-refractivity contribution in [3.63, 3.8) is 0 Å². The lowest BCUT2D eigenvalue weighted by Crippen LogP contribution is -1.98. The number of carboxylic acids is 1. The van der Waals surface area contributed by atoms with Crippen LogP contribution in [0.4, 0.5) is 0 Å². The first-order chi connectivity index (χ1) is 6.18. The summed E-state index contributed by atoms with van der Waals surface area (Å²) in [5.74, 6) is -1.04. The molecule has 0 spiro atoms. The van der Waals surface area contributed by atoms with Gasteiger partial charge in [-0.2, -0.15) is 0 Å². The first-order valence-electron chi connectivity index (χ1n) is 3.45. The van der Waals surface area contributed by atoms with Gasteiger partial charge in [-0.3, -0.25) is 0 Å². The Kier molecular flexibility index (Phi) is 1.94. The maximum atomic E-state index is 10.6. The van der Waals surface area contributed by atoms with Crippen LogP contribution < -0.4 is 0 Å². The number of carboxylic acid groups (broad SMARTS) is 1. The van der Waals surface area contributed by atoms with Gasteiger partial charge in [0.05, 0.1) is 9.72 Å². The molecular weight excluding hydrogens is 210 g/mol. The van der Waals surface area contributed by atoms with Crippen LogP contribution in [0.15, 0.2) is 17.5 Å². The van der Waals surface area contributed by atoms with Crippen LogP contribution in [0, 0.1) is 0 Å². The highest BCUT2D eigenvalue weighted by Crippen LogP contribution is 2.28. The van der Waals surface area contributed by atoms with Crippen molar-refractivity contribution >= 4 is 39.1 Å². The molecular formula is C8H4ClNO2S. The number of thiophene rings is 1. The van der Waals surface area contributed by atoms with E-state index < -0.39 is 5.97 Å². The van der Waals surface area contributed by atoms with E-state index in [2.05, 4.69) is 4.98 Å². The molecule has 5 heteroatoms. The van der Waals surface area contributed by atoms with Crippen molar-refractivity contribution in [2.45, 2.75) is 0 Å². The van der Waals surface area contributed by atoms with Crippen molar-refractivity contribution in [2.24, 2.45) is 0 Å². The standard InChI is InChI=1S/C8H4ClNO2S/c9-4-3-13-6-2-1-5(8(11)12)10-7(4)6/h1-3H,(H,11,12). The van der Waals surface area contributed by atoms with Gasteiger partial charge in [-0.15, -0.1) is 11.3 Å². The molecule has 0 radical (unpaired) electrons. The second kappa shape index (κ2) is 2.97. The average Bonchev–Trinajstić information content (AvgIpc) is 2.47. The van der Waals surface area contributed by atoms with E-state index >= 15 is 0 Å². The Morgan fingerprint density at radius 2 is 2.31 bits per heavy atom. The molecule has 0 saturated heterocycles. The number of nitrogens with zero attached hydrogens (tertiary/aromatic N) is 1. The quantitative estimate of drug-likeness (QED) is 0.792. The molecule has 2 rings (SSSR count). The first kappa shape index (κ1) is 8.47. The molecule has 0 atom stereocenters. The maximum absolute atomic E-state index is 10.6. The molecule has 0 aliphatic carbocycles. The molecule has 0 saturated carbocycles. The Balaban J connectivity index is 2.72. The Hall–Kier alpha value is -1.13. The van der Waals surface area contributed by atoms with Crippen molar-refractivity contribution in [3.05, 3.63) is 28.2 Å². The molecule has 0 aliphatic heterocycles. The number of carbonyl (C=O) groups is 1. The van der Waals surface area contributed by atoms with Crippen LogP contribution >= 0.6 is 22.9 Å². The summed E-state index contributed by atoms with van der Waals surface area (Å²) in [5, 5.41) is 10.9. The van der Waals surface area contributed by atoms with Gasteiger partial charge in [0.25, 0.3) is 0 Å². The fourth-order valence-corrected chi connectivity index (χ4v) is 2.09. The van der Waals surface area contributed by atoms with Gasteiger partial charge in [-0.05, 0) is 12.1 Å². The van der Waals surface area contributed by atoms with E-state index in [1.807, 2.05) is 0 Å². The lowest BCUT2D eigenvalue weighted by atomic mass is 10.3. The van der Waals surface area contributed by atoms with E-state index in [0.29, 0.717) is 10.5 Å². The normalized spacial score (nSPS) is 10.5. The average molecular weight is 214 g/mol. The fourth-order valence-electron chi connectivity index (χ4n) is 1.00. The molecule has 2 aromatic heterocycles. The molecule has 2 aromatic rings.